The van der Waals surface area contributed by atoms with Crippen LogP contribution in [0.1, 0.15) is 64.7 Å². The van der Waals surface area contributed by atoms with Gasteiger partial charge in [-0.25, -0.2) is 0 Å². The van der Waals surface area contributed by atoms with Gasteiger partial charge in [0.15, 0.2) is 0 Å². The van der Waals surface area contributed by atoms with Crippen molar-refractivity contribution in [2.45, 2.75) is 76.8 Å². The summed E-state index contributed by atoms with van der Waals surface area (Å²) in [7, 11) is 0. The van der Waals surface area contributed by atoms with Gasteiger partial charge in [-0.05, 0) is 44.4 Å². The highest BCUT2D eigenvalue weighted by Gasteiger charge is 2.23. The van der Waals surface area contributed by atoms with E-state index < -0.39 is 0 Å². The largest absolute Gasteiger partial charge is 0.308 e. The third-order valence-electron chi connectivity index (χ3n) is 4.34. The minimum absolute atomic E-state index is 0.667. The maximum absolute atomic E-state index is 3.89. The first kappa shape index (κ1) is 12.2. The van der Waals surface area contributed by atoms with E-state index >= 15 is 0 Å². The normalized spacial score (nSPS) is 29.2. The fourth-order valence-electron chi connectivity index (χ4n) is 3.35. The molecule has 1 fully saturated rings. The summed E-state index contributed by atoms with van der Waals surface area (Å²) in [5.41, 5.74) is 0. The van der Waals surface area contributed by atoms with Crippen molar-refractivity contribution in [2.24, 2.45) is 5.92 Å². The van der Waals surface area contributed by atoms with Gasteiger partial charge in [-0.3, -0.25) is 0 Å². The van der Waals surface area contributed by atoms with E-state index in [1.165, 1.54) is 57.8 Å². The fraction of sp³-hybridized carbons (Fsp3) is 0.867. The van der Waals surface area contributed by atoms with Crippen LogP contribution in [0.25, 0.3) is 0 Å². The van der Waals surface area contributed by atoms with Gasteiger partial charge in [0.05, 0.1) is 0 Å². The van der Waals surface area contributed by atoms with E-state index in [4.69, 9.17) is 0 Å². The average Bonchev–Trinajstić information content (AvgIpc) is 2.38. The summed E-state index contributed by atoms with van der Waals surface area (Å²) in [5, 5.41) is 3.89. The van der Waals surface area contributed by atoms with Gasteiger partial charge in [0.2, 0.25) is 0 Å². The zero-order chi connectivity index (χ0) is 11.2. The molecule has 2 aliphatic rings. The Labute approximate surface area is 101 Å². The fourth-order valence-corrected chi connectivity index (χ4v) is 3.35. The second kappa shape index (κ2) is 6.44. The molecule has 1 saturated carbocycles. The number of nitrogens with one attached hydrogen (secondary N) is 1. The van der Waals surface area contributed by atoms with Gasteiger partial charge in [0.1, 0.15) is 0 Å². The minimum Gasteiger partial charge on any atom is -0.308 e. The minimum atomic E-state index is 0.667. The summed E-state index contributed by atoms with van der Waals surface area (Å²) < 4.78 is 0. The van der Waals surface area contributed by atoms with Crippen LogP contribution in [0.15, 0.2) is 12.2 Å². The number of hydrogen-bond acceptors (Lipinski definition) is 1. The molecule has 0 aromatic heterocycles. The van der Waals surface area contributed by atoms with E-state index in [0.717, 1.165) is 12.0 Å². The lowest BCUT2D eigenvalue weighted by molar-refractivity contribution is 0.249. The Morgan fingerprint density at radius 3 is 2.56 bits per heavy atom. The highest BCUT2D eigenvalue weighted by molar-refractivity contribution is 4.99. The summed E-state index contributed by atoms with van der Waals surface area (Å²) in [6.07, 6.45) is 17.4. The van der Waals surface area contributed by atoms with Crippen LogP contribution in [0.5, 0.6) is 0 Å². The Kier molecular flexibility index (Phi) is 4.90. The van der Waals surface area contributed by atoms with Crippen molar-refractivity contribution in [2.75, 3.05) is 0 Å². The second-order valence-electron chi connectivity index (χ2n) is 5.55. The van der Waals surface area contributed by atoms with E-state index in [1.807, 2.05) is 0 Å². The molecule has 16 heavy (non-hydrogen) atoms. The molecule has 0 aromatic carbocycles. The number of hydrogen-bond donors (Lipinski definition) is 1. The molecule has 0 aliphatic heterocycles. The lowest BCUT2D eigenvalue weighted by Crippen LogP contribution is -2.42. The van der Waals surface area contributed by atoms with Crippen molar-refractivity contribution in [3.05, 3.63) is 12.2 Å². The zero-order valence-electron chi connectivity index (χ0n) is 10.8. The first-order chi connectivity index (χ1) is 7.90. The van der Waals surface area contributed by atoms with E-state index in [1.54, 1.807) is 0 Å². The summed E-state index contributed by atoms with van der Waals surface area (Å²) in [4.78, 5) is 0. The molecule has 0 saturated heterocycles. The Morgan fingerprint density at radius 2 is 1.94 bits per heavy atom. The summed E-state index contributed by atoms with van der Waals surface area (Å²) >= 11 is 0. The molecule has 1 heteroatoms. The van der Waals surface area contributed by atoms with Gasteiger partial charge in [-0.1, -0.05) is 38.3 Å². The third kappa shape index (κ3) is 3.35. The standard InChI is InChI=1S/C15H27N/c1-2-15(13-9-5-3-6-10-13)16-14-11-7-4-8-12-14/h7,11,13-16H,2-6,8-10,12H2,1H3. The third-order valence-corrected chi connectivity index (χ3v) is 4.34. The molecule has 0 heterocycles. The summed E-state index contributed by atoms with van der Waals surface area (Å²) in [5.74, 6) is 0.953. The molecule has 1 N–H and O–H groups in total. The van der Waals surface area contributed by atoms with E-state index in [9.17, 15) is 0 Å². The van der Waals surface area contributed by atoms with Gasteiger partial charge >= 0.3 is 0 Å². The average molecular weight is 221 g/mol. The molecular weight excluding hydrogens is 194 g/mol. The first-order valence-electron chi connectivity index (χ1n) is 7.33. The zero-order valence-corrected chi connectivity index (χ0v) is 10.8. The van der Waals surface area contributed by atoms with Crippen molar-refractivity contribution in [3.63, 3.8) is 0 Å². The number of rotatable bonds is 4. The Balaban J connectivity index is 1.83. The van der Waals surface area contributed by atoms with Crippen LogP contribution in [0.3, 0.4) is 0 Å². The van der Waals surface area contributed by atoms with Crippen LogP contribution in [0.4, 0.5) is 0 Å². The van der Waals surface area contributed by atoms with Gasteiger partial charge in [-0.2, -0.15) is 0 Å². The molecule has 92 valence electrons. The SMILES string of the molecule is CCC(NC1C=CCCC1)C1CCCCC1. The molecule has 1 nitrogen and oxygen atoms in total. The van der Waals surface area contributed by atoms with Crippen molar-refractivity contribution < 1.29 is 0 Å². The topological polar surface area (TPSA) is 12.0 Å². The molecule has 2 aliphatic carbocycles. The molecule has 0 bridgehead atoms. The van der Waals surface area contributed by atoms with Crippen LogP contribution in [0.2, 0.25) is 0 Å². The quantitative estimate of drug-likeness (QED) is 0.706. The molecule has 2 rings (SSSR count). The lowest BCUT2D eigenvalue weighted by Gasteiger charge is -2.33. The highest BCUT2D eigenvalue weighted by atomic mass is 15.0. The Hall–Kier alpha value is -0.300. The predicted molar refractivity (Wildman–Crippen MR) is 70.6 cm³/mol. The summed E-state index contributed by atoms with van der Waals surface area (Å²) in [6.45, 7) is 2.35. The van der Waals surface area contributed by atoms with Gasteiger partial charge < -0.3 is 5.32 Å². The van der Waals surface area contributed by atoms with E-state index in [0.29, 0.717) is 6.04 Å². The number of allylic oxidation sites excluding steroid dienone is 1. The van der Waals surface area contributed by atoms with Crippen LogP contribution < -0.4 is 5.32 Å². The Morgan fingerprint density at radius 1 is 1.12 bits per heavy atom. The summed E-state index contributed by atoms with van der Waals surface area (Å²) in [6, 6.07) is 1.44. The van der Waals surface area contributed by atoms with E-state index in [-0.39, 0.29) is 0 Å². The molecule has 0 radical (unpaired) electrons. The molecule has 2 unspecified atom stereocenters. The van der Waals surface area contributed by atoms with Crippen LogP contribution in [0, 0.1) is 5.92 Å². The van der Waals surface area contributed by atoms with Crippen LogP contribution >= 0.6 is 0 Å². The van der Waals surface area contributed by atoms with Gasteiger partial charge in [0, 0.05) is 12.1 Å². The monoisotopic (exact) mass is 221 g/mol. The maximum Gasteiger partial charge on any atom is 0.0252 e. The van der Waals surface area contributed by atoms with Crippen molar-refractivity contribution in [3.8, 4) is 0 Å². The molecule has 2 atom stereocenters. The van der Waals surface area contributed by atoms with Crippen molar-refractivity contribution in [1.29, 1.82) is 0 Å². The predicted octanol–water partition coefficient (Wildman–Crippen LogP) is 4.04. The van der Waals surface area contributed by atoms with Gasteiger partial charge in [-0.15, -0.1) is 0 Å². The molecular formula is C15H27N. The van der Waals surface area contributed by atoms with Crippen LogP contribution in [-0.4, -0.2) is 12.1 Å². The first-order valence-corrected chi connectivity index (χ1v) is 7.33. The van der Waals surface area contributed by atoms with E-state index in [2.05, 4.69) is 24.4 Å². The highest BCUT2D eigenvalue weighted by Crippen LogP contribution is 2.28. The smallest absolute Gasteiger partial charge is 0.0252 e. The van der Waals surface area contributed by atoms with Gasteiger partial charge in [0.25, 0.3) is 0 Å². The molecule has 0 amide bonds. The van der Waals surface area contributed by atoms with Crippen LogP contribution in [-0.2, 0) is 0 Å². The second-order valence-corrected chi connectivity index (χ2v) is 5.55. The molecule has 0 aromatic rings. The Bertz CT molecular complexity index is 215. The maximum atomic E-state index is 3.89. The lowest BCUT2D eigenvalue weighted by atomic mass is 9.82. The van der Waals surface area contributed by atoms with Crippen molar-refractivity contribution in [1.82, 2.24) is 5.32 Å². The van der Waals surface area contributed by atoms with Crippen molar-refractivity contribution >= 4 is 0 Å². The molecule has 0 spiro atoms.